The molecule has 2 bridgehead atoms. The van der Waals surface area contributed by atoms with E-state index in [1.807, 2.05) is 29.6 Å². The second-order valence-corrected chi connectivity index (χ2v) is 8.95. The van der Waals surface area contributed by atoms with Crippen molar-refractivity contribution in [3.8, 4) is 5.75 Å². The average molecular weight is 352 g/mol. The molecule has 1 aliphatic carbocycles. The zero-order valence-corrected chi connectivity index (χ0v) is 15.2. The van der Waals surface area contributed by atoms with Gasteiger partial charge in [0.1, 0.15) is 11.5 Å². The fraction of sp³-hybridized carbons (Fsp3) is 0.381. The van der Waals surface area contributed by atoms with Gasteiger partial charge in [-0.1, -0.05) is 38.1 Å². The van der Waals surface area contributed by atoms with Gasteiger partial charge in [-0.15, -0.1) is 11.3 Å². The number of ether oxygens (including phenoxy) is 2. The molecule has 5 rings (SSSR count). The van der Waals surface area contributed by atoms with Crippen LogP contribution in [0.4, 0.5) is 0 Å². The van der Waals surface area contributed by atoms with Gasteiger partial charge >= 0.3 is 0 Å². The van der Waals surface area contributed by atoms with Crippen molar-refractivity contribution in [3.63, 3.8) is 0 Å². The number of fused-ring (bicyclic) bond motifs is 5. The summed E-state index contributed by atoms with van der Waals surface area (Å²) < 4.78 is 12.9. The lowest BCUT2D eigenvalue weighted by Crippen LogP contribution is -2.47. The molecule has 2 aromatic rings. The number of ketones is 1. The van der Waals surface area contributed by atoms with Crippen molar-refractivity contribution >= 4 is 17.1 Å². The summed E-state index contributed by atoms with van der Waals surface area (Å²) in [4.78, 5) is 14.0. The van der Waals surface area contributed by atoms with E-state index in [0.717, 1.165) is 33.9 Å². The zero-order chi connectivity index (χ0) is 17.2. The maximum Gasteiger partial charge on any atom is 0.287 e. The molecule has 0 saturated carbocycles. The quantitative estimate of drug-likeness (QED) is 0.713. The Morgan fingerprint density at radius 3 is 2.72 bits per heavy atom. The number of hydrogen-bond donors (Lipinski definition) is 0. The summed E-state index contributed by atoms with van der Waals surface area (Å²) in [6.07, 6.45) is 2.03. The Morgan fingerprint density at radius 1 is 1.08 bits per heavy atom. The summed E-state index contributed by atoms with van der Waals surface area (Å²) in [6.45, 7) is 4.27. The van der Waals surface area contributed by atoms with Crippen LogP contribution in [0.1, 0.15) is 49.5 Å². The Balaban J connectivity index is 1.73. The minimum absolute atomic E-state index is 0.0550. The normalized spacial score (nSPS) is 29.4. The van der Waals surface area contributed by atoms with E-state index in [0.29, 0.717) is 12.8 Å². The summed E-state index contributed by atoms with van der Waals surface area (Å²) in [5, 5.41) is 2.05. The van der Waals surface area contributed by atoms with E-state index in [1.54, 1.807) is 11.3 Å². The molecule has 1 aromatic heterocycles. The van der Waals surface area contributed by atoms with Crippen LogP contribution >= 0.6 is 11.3 Å². The Hall–Kier alpha value is -2.07. The third-order valence-electron chi connectivity index (χ3n) is 5.45. The molecule has 2 aliphatic heterocycles. The number of rotatable bonds is 1. The minimum atomic E-state index is -0.806. The minimum Gasteiger partial charge on any atom is -0.451 e. The largest absolute Gasteiger partial charge is 0.451 e. The maximum absolute atomic E-state index is 13.0. The van der Waals surface area contributed by atoms with Gasteiger partial charge < -0.3 is 9.47 Å². The molecule has 128 valence electrons. The van der Waals surface area contributed by atoms with E-state index >= 15 is 0 Å². The third kappa shape index (κ3) is 2.20. The van der Waals surface area contributed by atoms with E-state index in [9.17, 15) is 4.79 Å². The van der Waals surface area contributed by atoms with Crippen molar-refractivity contribution in [2.24, 2.45) is 5.41 Å². The molecular weight excluding hydrogens is 332 g/mol. The van der Waals surface area contributed by atoms with Gasteiger partial charge in [-0.2, -0.15) is 0 Å². The fourth-order valence-corrected chi connectivity index (χ4v) is 5.24. The van der Waals surface area contributed by atoms with Crippen LogP contribution in [0.3, 0.4) is 0 Å². The SMILES string of the molecule is CC1(C)CC(=O)C2=C(C1)O[C@]1(c3cccs3)C[C@H]2c2ccccc2O1. The van der Waals surface area contributed by atoms with Gasteiger partial charge in [-0.3, -0.25) is 4.79 Å². The van der Waals surface area contributed by atoms with E-state index < -0.39 is 5.79 Å². The standard InChI is InChI=1S/C21H20O3S/c1-20(2)11-15(22)19-14-10-21(24-17(19)12-20,18-8-5-9-25-18)23-16-7-4-3-6-13(14)16/h3-9,14H,10-12H2,1-2H3/t14-,21-/m0/s1. The second kappa shape index (κ2) is 4.98. The van der Waals surface area contributed by atoms with E-state index in [1.165, 1.54) is 0 Å². The number of para-hydroxylation sites is 1. The van der Waals surface area contributed by atoms with Crippen LogP contribution in [0, 0.1) is 5.41 Å². The smallest absolute Gasteiger partial charge is 0.287 e. The molecule has 3 aliphatic rings. The highest BCUT2D eigenvalue weighted by atomic mass is 32.1. The molecule has 0 unspecified atom stereocenters. The first kappa shape index (κ1) is 15.2. The molecular formula is C21H20O3S. The van der Waals surface area contributed by atoms with Crippen LogP contribution < -0.4 is 4.74 Å². The number of hydrogen-bond acceptors (Lipinski definition) is 4. The molecule has 3 nitrogen and oxygen atoms in total. The number of benzene rings is 1. The summed E-state index contributed by atoms with van der Waals surface area (Å²) in [6, 6.07) is 12.2. The molecule has 0 saturated heterocycles. The molecule has 0 fully saturated rings. The van der Waals surface area contributed by atoms with Gasteiger partial charge in [0.2, 0.25) is 0 Å². The fourth-order valence-electron chi connectivity index (χ4n) is 4.43. The highest BCUT2D eigenvalue weighted by molar-refractivity contribution is 7.10. The Labute approximate surface area is 151 Å². The summed E-state index contributed by atoms with van der Waals surface area (Å²) in [5.41, 5.74) is 1.92. The first-order chi connectivity index (χ1) is 12.0. The van der Waals surface area contributed by atoms with Crippen LogP contribution in [0.15, 0.2) is 53.1 Å². The molecule has 3 heterocycles. The Kier molecular flexibility index (Phi) is 3.03. The highest BCUT2D eigenvalue weighted by Gasteiger charge is 2.54. The van der Waals surface area contributed by atoms with Crippen molar-refractivity contribution < 1.29 is 14.3 Å². The van der Waals surface area contributed by atoms with Gasteiger partial charge in [0.15, 0.2) is 5.78 Å². The van der Waals surface area contributed by atoms with Crippen molar-refractivity contribution in [3.05, 3.63) is 63.6 Å². The predicted molar refractivity (Wildman–Crippen MR) is 96.6 cm³/mol. The zero-order valence-electron chi connectivity index (χ0n) is 14.4. The lowest BCUT2D eigenvalue weighted by Gasteiger charge is -2.49. The van der Waals surface area contributed by atoms with Crippen LogP contribution in [0.2, 0.25) is 0 Å². The molecule has 0 spiro atoms. The number of Topliss-reactive ketones (excluding diaryl/α,β-unsaturated/α-hetero) is 1. The Morgan fingerprint density at radius 2 is 1.92 bits per heavy atom. The van der Waals surface area contributed by atoms with Crippen LogP contribution in [-0.4, -0.2) is 5.78 Å². The average Bonchev–Trinajstić information content (AvgIpc) is 3.08. The first-order valence-corrected chi connectivity index (χ1v) is 9.63. The number of carbonyl (C=O) groups is 1. The van der Waals surface area contributed by atoms with Crippen LogP contribution in [0.5, 0.6) is 5.75 Å². The van der Waals surface area contributed by atoms with Crippen molar-refractivity contribution in [2.45, 2.75) is 44.8 Å². The lowest BCUT2D eigenvalue weighted by atomic mass is 9.69. The molecule has 0 radical (unpaired) electrons. The number of allylic oxidation sites excluding steroid dienone is 2. The molecule has 4 heteroatoms. The van der Waals surface area contributed by atoms with Gasteiger partial charge in [0, 0.05) is 36.3 Å². The monoisotopic (exact) mass is 352 g/mol. The first-order valence-electron chi connectivity index (χ1n) is 8.75. The van der Waals surface area contributed by atoms with Gasteiger partial charge in [0.05, 0.1) is 4.88 Å². The van der Waals surface area contributed by atoms with E-state index in [-0.39, 0.29) is 17.1 Å². The van der Waals surface area contributed by atoms with Crippen molar-refractivity contribution in [1.29, 1.82) is 0 Å². The molecule has 1 aromatic carbocycles. The van der Waals surface area contributed by atoms with Crippen LogP contribution in [-0.2, 0) is 15.3 Å². The second-order valence-electron chi connectivity index (χ2n) is 8.01. The van der Waals surface area contributed by atoms with Gasteiger partial charge in [-0.25, -0.2) is 0 Å². The highest BCUT2D eigenvalue weighted by Crippen LogP contribution is 2.57. The van der Waals surface area contributed by atoms with Gasteiger partial charge in [-0.05, 0) is 22.9 Å². The van der Waals surface area contributed by atoms with Crippen molar-refractivity contribution in [2.75, 3.05) is 0 Å². The summed E-state index contributed by atoms with van der Waals surface area (Å²) in [5.74, 6) is 1.14. The van der Waals surface area contributed by atoms with E-state index in [2.05, 4.69) is 26.0 Å². The molecule has 25 heavy (non-hydrogen) atoms. The number of carbonyl (C=O) groups excluding carboxylic acids is 1. The third-order valence-corrected chi connectivity index (χ3v) is 6.45. The summed E-state index contributed by atoms with van der Waals surface area (Å²) >= 11 is 1.65. The topological polar surface area (TPSA) is 35.5 Å². The lowest BCUT2D eigenvalue weighted by molar-refractivity contribution is -0.193. The molecule has 0 N–H and O–H groups in total. The summed E-state index contributed by atoms with van der Waals surface area (Å²) in [7, 11) is 0. The molecule has 2 atom stereocenters. The van der Waals surface area contributed by atoms with Crippen molar-refractivity contribution in [1.82, 2.24) is 0 Å². The van der Waals surface area contributed by atoms with Gasteiger partial charge in [0.25, 0.3) is 5.79 Å². The van der Waals surface area contributed by atoms with Crippen LogP contribution in [0.25, 0.3) is 0 Å². The number of thiophene rings is 1. The maximum atomic E-state index is 13.0. The Bertz CT molecular complexity index is 894. The van der Waals surface area contributed by atoms with E-state index in [4.69, 9.17) is 9.47 Å². The predicted octanol–water partition coefficient (Wildman–Crippen LogP) is 5.14. The molecule has 0 amide bonds.